The van der Waals surface area contributed by atoms with Crippen LogP contribution in [0.15, 0.2) is 36.4 Å². The lowest BCUT2D eigenvalue weighted by molar-refractivity contribution is 0.285. The zero-order valence-corrected chi connectivity index (χ0v) is 18.8. The molecule has 2 rings (SSSR count). The van der Waals surface area contributed by atoms with Gasteiger partial charge in [0.25, 0.3) is 0 Å². The van der Waals surface area contributed by atoms with Crippen LogP contribution in [0.5, 0.6) is 5.75 Å². The Labute approximate surface area is 181 Å². The van der Waals surface area contributed by atoms with Crippen LogP contribution in [0.3, 0.4) is 0 Å². The van der Waals surface area contributed by atoms with E-state index in [1.54, 1.807) is 12.1 Å². The fourth-order valence-electron chi connectivity index (χ4n) is 3.71. The number of halogens is 2. The van der Waals surface area contributed by atoms with E-state index in [2.05, 4.69) is 13.8 Å². The quantitative estimate of drug-likeness (QED) is 0.263. The number of hydrogen-bond acceptors (Lipinski definition) is 1. The maximum absolute atomic E-state index is 14.6. The first-order valence-electron chi connectivity index (χ1n) is 11.9. The number of aryl methyl sites for hydroxylation is 1. The van der Waals surface area contributed by atoms with Crippen molar-refractivity contribution in [3.8, 4) is 16.9 Å². The molecule has 0 bridgehead atoms. The Morgan fingerprint density at radius 3 is 1.90 bits per heavy atom. The fourth-order valence-corrected chi connectivity index (χ4v) is 3.71. The molecular formula is C27H38F2O. The normalized spacial score (nSPS) is 11.1. The minimum atomic E-state index is -0.890. The summed E-state index contributed by atoms with van der Waals surface area (Å²) in [6, 6.07) is 11.0. The summed E-state index contributed by atoms with van der Waals surface area (Å²) < 4.78 is 34.6. The summed E-state index contributed by atoms with van der Waals surface area (Å²) in [6.07, 6.45) is 14.1. The largest absolute Gasteiger partial charge is 0.490 e. The summed E-state index contributed by atoms with van der Waals surface area (Å²) in [5.74, 6) is -1.71. The van der Waals surface area contributed by atoms with E-state index in [-0.39, 0.29) is 11.3 Å². The lowest BCUT2D eigenvalue weighted by Gasteiger charge is -2.11. The first-order chi connectivity index (χ1) is 14.7. The van der Waals surface area contributed by atoms with Crippen molar-refractivity contribution in [2.24, 2.45) is 0 Å². The Bertz CT molecular complexity index is 724. The highest BCUT2D eigenvalue weighted by Crippen LogP contribution is 2.30. The molecule has 0 heterocycles. The van der Waals surface area contributed by atoms with Gasteiger partial charge in [-0.3, -0.25) is 0 Å². The molecule has 30 heavy (non-hydrogen) atoms. The van der Waals surface area contributed by atoms with Crippen LogP contribution >= 0.6 is 0 Å². The Kier molecular flexibility index (Phi) is 11.5. The summed E-state index contributed by atoms with van der Waals surface area (Å²) in [5, 5.41) is 0. The van der Waals surface area contributed by atoms with Crippen LogP contribution in [0, 0.1) is 11.6 Å². The van der Waals surface area contributed by atoms with Gasteiger partial charge in [-0.25, -0.2) is 4.39 Å². The molecule has 166 valence electrons. The number of unbranched alkanes of at least 4 members (excludes halogenated alkanes) is 9. The van der Waals surface area contributed by atoms with Gasteiger partial charge >= 0.3 is 0 Å². The minimum absolute atomic E-state index is 0.00788. The van der Waals surface area contributed by atoms with E-state index in [9.17, 15) is 8.78 Å². The molecule has 0 radical (unpaired) electrons. The van der Waals surface area contributed by atoms with Crippen molar-refractivity contribution in [1.82, 2.24) is 0 Å². The van der Waals surface area contributed by atoms with E-state index in [1.807, 2.05) is 24.3 Å². The SMILES string of the molecule is CCCCCCCCOc1ccc(-c2ccc(CCCCCCC)cc2)c(F)c1F. The van der Waals surface area contributed by atoms with E-state index < -0.39 is 11.6 Å². The minimum Gasteiger partial charge on any atom is -0.490 e. The number of ether oxygens (including phenoxy) is 1. The molecule has 1 nitrogen and oxygen atoms in total. The van der Waals surface area contributed by atoms with Crippen molar-refractivity contribution in [1.29, 1.82) is 0 Å². The summed E-state index contributed by atoms with van der Waals surface area (Å²) in [7, 11) is 0. The molecule has 2 aromatic rings. The van der Waals surface area contributed by atoms with Crippen molar-refractivity contribution >= 4 is 0 Å². The van der Waals surface area contributed by atoms with Gasteiger partial charge in [-0.2, -0.15) is 4.39 Å². The maximum atomic E-state index is 14.6. The summed E-state index contributed by atoms with van der Waals surface area (Å²) in [4.78, 5) is 0. The van der Waals surface area contributed by atoms with Gasteiger partial charge < -0.3 is 4.74 Å². The molecule has 0 aliphatic carbocycles. The smallest absolute Gasteiger partial charge is 0.201 e. The monoisotopic (exact) mass is 416 g/mol. The van der Waals surface area contributed by atoms with Crippen molar-refractivity contribution in [3.63, 3.8) is 0 Å². The number of rotatable bonds is 15. The van der Waals surface area contributed by atoms with Crippen LogP contribution in [-0.4, -0.2) is 6.61 Å². The molecule has 0 unspecified atom stereocenters. The van der Waals surface area contributed by atoms with Crippen LogP contribution in [0.1, 0.15) is 90.0 Å². The van der Waals surface area contributed by atoms with E-state index in [0.717, 1.165) is 19.3 Å². The van der Waals surface area contributed by atoms with Gasteiger partial charge in [0.2, 0.25) is 5.82 Å². The fraction of sp³-hybridized carbons (Fsp3) is 0.556. The molecule has 0 saturated carbocycles. The average Bonchev–Trinajstić information content (AvgIpc) is 2.76. The van der Waals surface area contributed by atoms with Gasteiger partial charge in [-0.05, 0) is 42.5 Å². The predicted octanol–water partition coefficient (Wildman–Crippen LogP) is 8.88. The van der Waals surface area contributed by atoms with Gasteiger partial charge in [-0.1, -0.05) is 95.9 Å². The molecule has 0 amide bonds. The highest BCUT2D eigenvalue weighted by Gasteiger charge is 2.15. The topological polar surface area (TPSA) is 9.23 Å². The van der Waals surface area contributed by atoms with Crippen LogP contribution < -0.4 is 4.74 Å². The molecule has 0 saturated heterocycles. The van der Waals surface area contributed by atoms with E-state index in [1.165, 1.54) is 63.4 Å². The second-order valence-electron chi connectivity index (χ2n) is 8.22. The van der Waals surface area contributed by atoms with Crippen molar-refractivity contribution in [2.75, 3.05) is 6.61 Å². The van der Waals surface area contributed by atoms with Gasteiger partial charge in [0, 0.05) is 5.56 Å². The zero-order valence-electron chi connectivity index (χ0n) is 18.8. The lowest BCUT2D eigenvalue weighted by Crippen LogP contribution is -2.01. The highest BCUT2D eigenvalue weighted by molar-refractivity contribution is 5.65. The maximum Gasteiger partial charge on any atom is 0.201 e. The first kappa shape index (κ1) is 24.4. The van der Waals surface area contributed by atoms with Gasteiger partial charge in [-0.15, -0.1) is 0 Å². The van der Waals surface area contributed by atoms with Crippen LogP contribution in [0.2, 0.25) is 0 Å². The molecule has 0 aromatic heterocycles. The molecule has 3 heteroatoms. The van der Waals surface area contributed by atoms with Gasteiger partial charge in [0.1, 0.15) is 0 Å². The summed E-state index contributed by atoms with van der Waals surface area (Å²) in [6.45, 7) is 4.83. The second kappa shape index (κ2) is 14.2. The molecule has 0 aliphatic heterocycles. The molecule has 0 atom stereocenters. The summed E-state index contributed by atoms with van der Waals surface area (Å²) >= 11 is 0. The highest BCUT2D eigenvalue weighted by atomic mass is 19.2. The van der Waals surface area contributed by atoms with E-state index in [4.69, 9.17) is 4.74 Å². The second-order valence-corrected chi connectivity index (χ2v) is 8.22. The predicted molar refractivity (Wildman–Crippen MR) is 123 cm³/mol. The number of benzene rings is 2. The van der Waals surface area contributed by atoms with E-state index >= 15 is 0 Å². The molecule has 2 aromatic carbocycles. The Morgan fingerprint density at radius 2 is 1.23 bits per heavy atom. The number of hydrogen-bond donors (Lipinski definition) is 0. The summed E-state index contributed by atoms with van der Waals surface area (Å²) in [5.41, 5.74) is 2.23. The Morgan fingerprint density at radius 1 is 0.633 bits per heavy atom. The van der Waals surface area contributed by atoms with Gasteiger partial charge in [0.15, 0.2) is 11.6 Å². The van der Waals surface area contributed by atoms with Crippen molar-refractivity contribution in [2.45, 2.75) is 90.9 Å². The average molecular weight is 417 g/mol. The van der Waals surface area contributed by atoms with Crippen LogP contribution in [0.4, 0.5) is 8.78 Å². The molecule has 0 spiro atoms. The Hall–Kier alpha value is -1.90. The molecule has 0 N–H and O–H groups in total. The third kappa shape index (κ3) is 8.08. The molecule has 0 fully saturated rings. The van der Waals surface area contributed by atoms with Gasteiger partial charge in [0.05, 0.1) is 6.61 Å². The third-order valence-corrected chi connectivity index (χ3v) is 5.64. The lowest BCUT2D eigenvalue weighted by atomic mass is 10.00. The Balaban J connectivity index is 1.86. The third-order valence-electron chi connectivity index (χ3n) is 5.64. The van der Waals surface area contributed by atoms with Crippen LogP contribution in [-0.2, 0) is 6.42 Å². The standard InChI is InChI=1S/C27H38F2O/c1-3-5-7-9-11-13-21-30-25-20-19-24(26(28)27(25)29)23-17-15-22(16-18-23)14-12-10-8-6-4-2/h15-20H,3-14,21H2,1-2H3. The molecular weight excluding hydrogens is 378 g/mol. The molecule has 0 aliphatic rings. The van der Waals surface area contributed by atoms with Crippen LogP contribution in [0.25, 0.3) is 11.1 Å². The van der Waals surface area contributed by atoms with E-state index in [0.29, 0.717) is 12.2 Å². The first-order valence-corrected chi connectivity index (χ1v) is 11.9. The van der Waals surface area contributed by atoms with Crippen molar-refractivity contribution in [3.05, 3.63) is 53.6 Å². The zero-order chi connectivity index (χ0) is 21.6. The van der Waals surface area contributed by atoms with Crippen molar-refractivity contribution < 1.29 is 13.5 Å².